The molecule has 94 valence electrons. The van der Waals surface area contributed by atoms with E-state index < -0.39 is 46.4 Å². The van der Waals surface area contributed by atoms with Gasteiger partial charge in [-0.05, 0) is 0 Å². The monoisotopic (exact) mass is 250 g/mol. The maximum Gasteiger partial charge on any atom is 0.171 e. The minimum Gasteiger partial charge on any atom is -0.511 e. The van der Waals surface area contributed by atoms with Crippen LogP contribution in [0.1, 0.15) is 0 Å². The molecule has 0 saturated carbocycles. The summed E-state index contributed by atoms with van der Waals surface area (Å²) in [5.41, 5.74) is 0. The van der Waals surface area contributed by atoms with Gasteiger partial charge in [0.2, 0.25) is 0 Å². The zero-order valence-corrected chi connectivity index (χ0v) is 9.07. The van der Waals surface area contributed by atoms with Gasteiger partial charge in [-0.3, -0.25) is 9.59 Å². The van der Waals surface area contributed by atoms with Crippen LogP contribution >= 0.6 is 0 Å². The van der Waals surface area contributed by atoms with Crippen LogP contribution in [0.4, 0.5) is 0 Å². The molecule has 0 radical (unpaired) electrons. The quantitative estimate of drug-likeness (QED) is 0.555. The summed E-state index contributed by atoms with van der Waals surface area (Å²) in [6, 6.07) is 0. The minimum atomic E-state index is -1.28. The van der Waals surface area contributed by atoms with Crippen molar-refractivity contribution in [1.82, 2.24) is 0 Å². The highest BCUT2D eigenvalue weighted by Gasteiger charge is 2.41. The summed E-state index contributed by atoms with van der Waals surface area (Å²) in [5.74, 6) is -5.80. The summed E-state index contributed by atoms with van der Waals surface area (Å²) in [6.45, 7) is 0. The van der Waals surface area contributed by atoms with Crippen LogP contribution in [0.15, 0.2) is 47.3 Å². The van der Waals surface area contributed by atoms with Crippen molar-refractivity contribution < 1.29 is 30.0 Å². The molecule has 2 unspecified atom stereocenters. The van der Waals surface area contributed by atoms with E-state index in [-0.39, 0.29) is 0 Å². The minimum absolute atomic E-state index is 0.418. The predicted octanol–water partition coefficient (Wildman–Crippen LogP) is 1.15. The third-order valence-corrected chi connectivity index (χ3v) is 2.76. The first-order valence-corrected chi connectivity index (χ1v) is 5.10. The average molecular weight is 250 g/mol. The topological polar surface area (TPSA) is 115 Å². The number of carbonyl (C=O) groups is 2. The molecule has 0 amide bonds. The van der Waals surface area contributed by atoms with Gasteiger partial charge >= 0.3 is 0 Å². The van der Waals surface area contributed by atoms with Crippen molar-refractivity contribution in [2.75, 3.05) is 0 Å². The number of aliphatic hydroxyl groups excluding tert-OH is 4. The van der Waals surface area contributed by atoms with Gasteiger partial charge in [-0.15, -0.1) is 0 Å². The van der Waals surface area contributed by atoms with Crippen molar-refractivity contribution in [2.45, 2.75) is 0 Å². The van der Waals surface area contributed by atoms with Gasteiger partial charge in [-0.1, -0.05) is 0 Å². The maximum absolute atomic E-state index is 11.7. The SMILES string of the molecule is O=C1C=C(O)C=C(O)C1C1C(=O)C=C(O)C=C1O. The summed E-state index contributed by atoms with van der Waals surface area (Å²) in [6.07, 6.45) is 3.60. The fraction of sp³-hybridized carbons (Fsp3) is 0.167. The Labute approximate surface area is 101 Å². The zero-order chi connectivity index (χ0) is 13.4. The molecule has 0 aromatic heterocycles. The number of hydrogen-bond acceptors (Lipinski definition) is 6. The first-order chi connectivity index (χ1) is 8.40. The van der Waals surface area contributed by atoms with Gasteiger partial charge in [-0.2, -0.15) is 0 Å². The number of carbonyl (C=O) groups excluding carboxylic acids is 2. The Bertz CT molecular complexity index is 499. The molecule has 2 rings (SSSR count). The Hall–Kier alpha value is -2.50. The van der Waals surface area contributed by atoms with Crippen molar-refractivity contribution in [3.05, 3.63) is 47.3 Å². The van der Waals surface area contributed by atoms with Crippen LogP contribution in [0.2, 0.25) is 0 Å². The number of aliphatic hydroxyl groups is 4. The fourth-order valence-corrected chi connectivity index (χ4v) is 2.00. The second-order valence-electron chi connectivity index (χ2n) is 4.04. The number of hydrogen-bond donors (Lipinski definition) is 4. The van der Waals surface area contributed by atoms with E-state index in [9.17, 15) is 19.8 Å². The molecule has 0 aliphatic heterocycles. The molecule has 2 aliphatic rings. The maximum atomic E-state index is 11.7. The van der Waals surface area contributed by atoms with Crippen LogP contribution in [0.25, 0.3) is 0 Å². The van der Waals surface area contributed by atoms with E-state index >= 15 is 0 Å². The number of rotatable bonds is 1. The van der Waals surface area contributed by atoms with E-state index in [1.54, 1.807) is 0 Å². The summed E-state index contributed by atoms with van der Waals surface area (Å²) in [7, 11) is 0. The Balaban J connectivity index is 2.40. The molecule has 0 heterocycles. The second kappa shape index (κ2) is 4.06. The van der Waals surface area contributed by atoms with Crippen molar-refractivity contribution in [3.8, 4) is 0 Å². The summed E-state index contributed by atoms with van der Waals surface area (Å²) >= 11 is 0. The van der Waals surface area contributed by atoms with E-state index in [0.29, 0.717) is 0 Å². The molecule has 6 heteroatoms. The molecular weight excluding hydrogens is 240 g/mol. The summed E-state index contributed by atoms with van der Waals surface area (Å²) in [5, 5.41) is 37.5. The second-order valence-corrected chi connectivity index (χ2v) is 4.04. The van der Waals surface area contributed by atoms with Gasteiger partial charge in [0.15, 0.2) is 11.6 Å². The van der Waals surface area contributed by atoms with Crippen LogP contribution in [0.5, 0.6) is 0 Å². The Morgan fingerprint density at radius 3 is 1.28 bits per heavy atom. The summed E-state index contributed by atoms with van der Waals surface area (Å²) in [4.78, 5) is 23.4. The van der Waals surface area contributed by atoms with Crippen molar-refractivity contribution in [2.24, 2.45) is 11.8 Å². The lowest BCUT2D eigenvalue weighted by Gasteiger charge is -2.25. The molecule has 0 fully saturated rings. The molecule has 2 aliphatic carbocycles. The van der Waals surface area contributed by atoms with Crippen molar-refractivity contribution >= 4 is 11.6 Å². The van der Waals surface area contributed by atoms with Gasteiger partial charge in [-0.25, -0.2) is 0 Å². The Kier molecular flexibility index (Phi) is 2.70. The lowest BCUT2D eigenvalue weighted by molar-refractivity contribution is -0.127. The Morgan fingerprint density at radius 2 is 1.00 bits per heavy atom. The highest BCUT2D eigenvalue weighted by Crippen LogP contribution is 2.33. The number of ketones is 2. The standard InChI is InChI=1S/C12H10O6/c13-5-1-7(15)11(8(16)2-5)12-9(17)3-6(14)4-10(12)18/h1-4,11-15,17H. The molecule has 4 N–H and O–H groups in total. The van der Waals surface area contributed by atoms with Crippen LogP contribution in [-0.4, -0.2) is 32.0 Å². The average Bonchev–Trinajstić information content (AvgIpc) is 2.20. The van der Waals surface area contributed by atoms with Crippen LogP contribution in [0, 0.1) is 11.8 Å². The molecule has 18 heavy (non-hydrogen) atoms. The first-order valence-electron chi connectivity index (χ1n) is 5.10. The smallest absolute Gasteiger partial charge is 0.171 e. The normalized spacial score (nSPS) is 28.2. The first kappa shape index (κ1) is 12.0. The van der Waals surface area contributed by atoms with E-state index in [1.807, 2.05) is 0 Å². The molecule has 0 aromatic carbocycles. The highest BCUT2D eigenvalue weighted by atomic mass is 16.3. The molecule has 0 saturated heterocycles. The van der Waals surface area contributed by atoms with Crippen molar-refractivity contribution in [1.29, 1.82) is 0 Å². The fourth-order valence-electron chi connectivity index (χ4n) is 2.00. The van der Waals surface area contributed by atoms with E-state index in [4.69, 9.17) is 10.2 Å². The van der Waals surface area contributed by atoms with Crippen LogP contribution in [0.3, 0.4) is 0 Å². The highest BCUT2D eigenvalue weighted by molar-refractivity contribution is 6.04. The zero-order valence-electron chi connectivity index (χ0n) is 9.07. The van der Waals surface area contributed by atoms with Gasteiger partial charge < -0.3 is 20.4 Å². The molecular formula is C12H10O6. The summed E-state index contributed by atoms with van der Waals surface area (Å²) < 4.78 is 0. The van der Waals surface area contributed by atoms with Gasteiger partial charge in [0.05, 0.1) is 11.8 Å². The third-order valence-electron chi connectivity index (χ3n) is 2.76. The lowest BCUT2D eigenvalue weighted by Crippen LogP contribution is -2.34. The Morgan fingerprint density at radius 1 is 0.667 bits per heavy atom. The van der Waals surface area contributed by atoms with E-state index in [0.717, 1.165) is 24.3 Å². The van der Waals surface area contributed by atoms with Gasteiger partial charge in [0.1, 0.15) is 23.0 Å². The van der Waals surface area contributed by atoms with Crippen LogP contribution in [-0.2, 0) is 9.59 Å². The van der Waals surface area contributed by atoms with E-state index in [1.165, 1.54) is 0 Å². The van der Waals surface area contributed by atoms with E-state index in [2.05, 4.69) is 0 Å². The van der Waals surface area contributed by atoms with Gasteiger partial charge in [0.25, 0.3) is 0 Å². The molecule has 0 aromatic rings. The number of allylic oxidation sites excluding steroid dienone is 6. The molecule has 0 spiro atoms. The third kappa shape index (κ3) is 1.88. The largest absolute Gasteiger partial charge is 0.511 e. The van der Waals surface area contributed by atoms with Crippen LogP contribution < -0.4 is 0 Å². The van der Waals surface area contributed by atoms with Crippen molar-refractivity contribution in [3.63, 3.8) is 0 Å². The molecule has 2 atom stereocenters. The van der Waals surface area contributed by atoms with Gasteiger partial charge in [0, 0.05) is 24.3 Å². The molecule has 0 bridgehead atoms. The lowest BCUT2D eigenvalue weighted by atomic mass is 9.78. The molecule has 6 nitrogen and oxygen atoms in total. The predicted molar refractivity (Wildman–Crippen MR) is 59.8 cm³/mol.